The molecule has 1 unspecified atom stereocenters. The number of benzene rings is 2. The standard InChI is InChI=1S/C19H26N4O2S/c20-26(24,25)23(14-18-9-5-2-6-10-18)16-19-15-22(12-11-21-19)13-17-7-3-1-4-8-17/h1-10,19,21H,11-16H2,(H2,20,24,25). The van der Waals surface area contributed by atoms with Crippen LogP contribution in [0.2, 0.25) is 0 Å². The number of nitrogens with one attached hydrogen (secondary N) is 1. The number of piperazine rings is 1. The summed E-state index contributed by atoms with van der Waals surface area (Å²) < 4.78 is 25.4. The molecule has 1 atom stereocenters. The van der Waals surface area contributed by atoms with Gasteiger partial charge in [0.05, 0.1) is 0 Å². The van der Waals surface area contributed by atoms with Gasteiger partial charge in [-0.25, -0.2) is 5.14 Å². The first kappa shape index (κ1) is 19.0. The van der Waals surface area contributed by atoms with E-state index in [1.807, 2.05) is 48.5 Å². The Bertz CT molecular complexity index is 784. The lowest BCUT2D eigenvalue weighted by atomic mass is 10.1. The van der Waals surface area contributed by atoms with Crippen molar-refractivity contribution in [2.45, 2.75) is 19.1 Å². The number of hydrogen-bond acceptors (Lipinski definition) is 4. The van der Waals surface area contributed by atoms with Crippen LogP contribution in [0, 0.1) is 0 Å². The molecular weight excluding hydrogens is 348 g/mol. The van der Waals surface area contributed by atoms with Gasteiger partial charge in [0.2, 0.25) is 0 Å². The summed E-state index contributed by atoms with van der Waals surface area (Å²) in [6.07, 6.45) is 0. The minimum atomic E-state index is -3.76. The van der Waals surface area contributed by atoms with Gasteiger partial charge in [-0.2, -0.15) is 12.7 Å². The fraction of sp³-hybridized carbons (Fsp3) is 0.368. The van der Waals surface area contributed by atoms with Crippen LogP contribution in [-0.4, -0.2) is 49.8 Å². The summed E-state index contributed by atoms with van der Waals surface area (Å²) in [7, 11) is -3.76. The predicted molar refractivity (Wildman–Crippen MR) is 103 cm³/mol. The second-order valence-electron chi connectivity index (χ2n) is 6.69. The maximum Gasteiger partial charge on any atom is 0.277 e. The van der Waals surface area contributed by atoms with Crippen molar-refractivity contribution in [1.29, 1.82) is 0 Å². The summed E-state index contributed by atoms with van der Waals surface area (Å²) in [5.74, 6) is 0. The molecule has 0 saturated carbocycles. The smallest absolute Gasteiger partial charge is 0.277 e. The van der Waals surface area contributed by atoms with E-state index in [9.17, 15) is 8.42 Å². The summed E-state index contributed by atoms with van der Waals surface area (Å²) in [6.45, 7) is 4.08. The third kappa shape index (κ3) is 5.62. The third-order valence-electron chi connectivity index (χ3n) is 4.57. The lowest BCUT2D eigenvalue weighted by Crippen LogP contribution is -2.55. The Morgan fingerprint density at radius 2 is 1.65 bits per heavy atom. The largest absolute Gasteiger partial charge is 0.310 e. The van der Waals surface area contributed by atoms with Crippen molar-refractivity contribution in [2.24, 2.45) is 5.14 Å². The van der Waals surface area contributed by atoms with E-state index in [4.69, 9.17) is 5.14 Å². The maximum atomic E-state index is 12.0. The van der Waals surface area contributed by atoms with Gasteiger partial charge in [0, 0.05) is 45.3 Å². The second kappa shape index (κ2) is 8.75. The molecule has 26 heavy (non-hydrogen) atoms. The molecule has 3 N–H and O–H groups in total. The van der Waals surface area contributed by atoms with E-state index in [-0.39, 0.29) is 12.6 Å². The molecule has 0 aliphatic carbocycles. The minimum absolute atomic E-state index is 0.0505. The Kier molecular flexibility index (Phi) is 6.39. The number of hydrogen-bond donors (Lipinski definition) is 2. The highest BCUT2D eigenvalue weighted by Gasteiger charge is 2.26. The Morgan fingerprint density at radius 1 is 1.04 bits per heavy atom. The molecule has 1 saturated heterocycles. The van der Waals surface area contributed by atoms with Crippen molar-refractivity contribution < 1.29 is 8.42 Å². The first-order chi connectivity index (χ1) is 12.5. The summed E-state index contributed by atoms with van der Waals surface area (Å²) in [6, 6.07) is 19.9. The van der Waals surface area contributed by atoms with Crippen molar-refractivity contribution in [2.75, 3.05) is 26.2 Å². The van der Waals surface area contributed by atoms with Crippen LogP contribution in [-0.2, 0) is 23.3 Å². The summed E-state index contributed by atoms with van der Waals surface area (Å²) in [4.78, 5) is 2.35. The topological polar surface area (TPSA) is 78.7 Å². The Labute approximate surface area is 155 Å². The van der Waals surface area contributed by atoms with Crippen LogP contribution in [0.25, 0.3) is 0 Å². The van der Waals surface area contributed by atoms with Crippen molar-refractivity contribution in [3.63, 3.8) is 0 Å². The molecule has 7 heteroatoms. The van der Waals surface area contributed by atoms with Crippen LogP contribution in [0.3, 0.4) is 0 Å². The Hall–Kier alpha value is -1.77. The van der Waals surface area contributed by atoms with Gasteiger partial charge < -0.3 is 5.32 Å². The number of nitrogens with two attached hydrogens (primary N) is 1. The van der Waals surface area contributed by atoms with Crippen LogP contribution >= 0.6 is 0 Å². The fourth-order valence-corrected chi connectivity index (χ4v) is 4.01. The SMILES string of the molecule is NS(=O)(=O)N(Cc1ccccc1)CC1CN(Cc2ccccc2)CCN1. The van der Waals surface area contributed by atoms with Gasteiger partial charge in [-0.3, -0.25) is 4.90 Å². The third-order valence-corrected chi connectivity index (χ3v) is 5.57. The van der Waals surface area contributed by atoms with Gasteiger partial charge in [0.25, 0.3) is 10.2 Å². The van der Waals surface area contributed by atoms with Crippen molar-refractivity contribution in [3.8, 4) is 0 Å². The number of rotatable bonds is 7. The monoisotopic (exact) mass is 374 g/mol. The zero-order chi connectivity index (χ0) is 18.4. The summed E-state index contributed by atoms with van der Waals surface area (Å²) in [5, 5.41) is 8.88. The molecule has 0 bridgehead atoms. The molecule has 0 radical (unpaired) electrons. The molecule has 2 aromatic carbocycles. The summed E-state index contributed by atoms with van der Waals surface area (Å²) in [5.41, 5.74) is 2.19. The Balaban J connectivity index is 1.62. The van der Waals surface area contributed by atoms with Gasteiger partial charge >= 0.3 is 0 Å². The lowest BCUT2D eigenvalue weighted by Gasteiger charge is -2.35. The van der Waals surface area contributed by atoms with Crippen LogP contribution < -0.4 is 10.5 Å². The molecule has 1 aliphatic heterocycles. The second-order valence-corrected chi connectivity index (χ2v) is 8.24. The molecule has 6 nitrogen and oxygen atoms in total. The lowest BCUT2D eigenvalue weighted by molar-refractivity contribution is 0.176. The van der Waals surface area contributed by atoms with Crippen LogP contribution in [0.15, 0.2) is 60.7 Å². The zero-order valence-corrected chi connectivity index (χ0v) is 15.6. The number of nitrogens with zero attached hydrogens (tertiary/aromatic N) is 2. The molecule has 1 fully saturated rings. The highest BCUT2D eigenvalue weighted by molar-refractivity contribution is 7.86. The zero-order valence-electron chi connectivity index (χ0n) is 14.8. The van der Waals surface area contributed by atoms with Crippen LogP contribution in [0.5, 0.6) is 0 Å². The van der Waals surface area contributed by atoms with Gasteiger partial charge in [-0.1, -0.05) is 60.7 Å². The highest BCUT2D eigenvalue weighted by Crippen LogP contribution is 2.12. The summed E-state index contributed by atoms with van der Waals surface area (Å²) >= 11 is 0. The Morgan fingerprint density at radius 3 is 2.27 bits per heavy atom. The highest BCUT2D eigenvalue weighted by atomic mass is 32.2. The van der Waals surface area contributed by atoms with Crippen LogP contribution in [0.4, 0.5) is 0 Å². The normalized spacial score (nSPS) is 18.9. The molecule has 140 valence electrons. The molecule has 0 aromatic heterocycles. The van der Waals surface area contributed by atoms with Gasteiger partial charge in [-0.15, -0.1) is 0 Å². The molecule has 0 spiro atoms. The van der Waals surface area contributed by atoms with E-state index in [1.54, 1.807) is 0 Å². The van der Waals surface area contributed by atoms with Crippen LogP contribution in [0.1, 0.15) is 11.1 Å². The predicted octanol–water partition coefficient (Wildman–Crippen LogP) is 1.17. The van der Waals surface area contributed by atoms with Crippen molar-refractivity contribution in [1.82, 2.24) is 14.5 Å². The van der Waals surface area contributed by atoms with Gasteiger partial charge in [0.1, 0.15) is 0 Å². The maximum absolute atomic E-state index is 12.0. The fourth-order valence-electron chi connectivity index (χ4n) is 3.29. The van der Waals surface area contributed by atoms with E-state index in [0.29, 0.717) is 6.54 Å². The molecule has 3 rings (SSSR count). The first-order valence-corrected chi connectivity index (χ1v) is 10.3. The van der Waals surface area contributed by atoms with E-state index in [1.165, 1.54) is 9.87 Å². The quantitative estimate of drug-likeness (QED) is 0.762. The molecule has 1 heterocycles. The van der Waals surface area contributed by atoms with Gasteiger partial charge in [0.15, 0.2) is 0 Å². The van der Waals surface area contributed by atoms with E-state index in [0.717, 1.165) is 31.7 Å². The van der Waals surface area contributed by atoms with E-state index < -0.39 is 10.2 Å². The molecular formula is C19H26N4O2S. The van der Waals surface area contributed by atoms with Crippen molar-refractivity contribution in [3.05, 3.63) is 71.8 Å². The van der Waals surface area contributed by atoms with Crippen molar-refractivity contribution >= 4 is 10.2 Å². The first-order valence-electron chi connectivity index (χ1n) is 8.82. The van der Waals surface area contributed by atoms with E-state index >= 15 is 0 Å². The average molecular weight is 375 g/mol. The minimum Gasteiger partial charge on any atom is -0.310 e. The molecule has 1 aliphatic rings. The van der Waals surface area contributed by atoms with E-state index in [2.05, 4.69) is 22.3 Å². The van der Waals surface area contributed by atoms with Gasteiger partial charge in [-0.05, 0) is 11.1 Å². The average Bonchev–Trinajstić information content (AvgIpc) is 2.62. The molecule has 0 amide bonds. The molecule has 2 aromatic rings.